The highest BCUT2D eigenvalue weighted by Gasteiger charge is 2.27. The Bertz CT molecular complexity index is 1010. The summed E-state index contributed by atoms with van der Waals surface area (Å²) in [6.45, 7) is 6.20. The fourth-order valence-corrected chi connectivity index (χ4v) is 4.26. The first-order chi connectivity index (χ1) is 14.1. The Hall–Kier alpha value is -2.66. The van der Waals surface area contributed by atoms with Crippen LogP contribution in [0.4, 0.5) is 10.6 Å². The lowest BCUT2D eigenvalue weighted by Crippen LogP contribution is -2.50. The lowest BCUT2D eigenvalue weighted by Gasteiger charge is -2.33. The predicted molar refractivity (Wildman–Crippen MR) is 113 cm³/mol. The second-order valence-corrected chi connectivity index (χ2v) is 9.51. The molecule has 30 heavy (non-hydrogen) atoms. The van der Waals surface area contributed by atoms with Crippen molar-refractivity contribution in [3.63, 3.8) is 0 Å². The molecule has 1 amide bonds. The van der Waals surface area contributed by atoms with E-state index >= 15 is 0 Å². The average molecular weight is 438 g/mol. The molecule has 0 atom stereocenters. The van der Waals surface area contributed by atoms with Gasteiger partial charge in [0.1, 0.15) is 23.5 Å². The molecule has 1 aliphatic heterocycles. The van der Waals surface area contributed by atoms with Gasteiger partial charge in [0.2, 0.25) is 0 Å². The first-order valence-corrected chi connectivity index (χ1v) is 11.1. The summed E-state index contributed by atoms with van der Waals surface area (Å²) in [4.78, 5) is 22.6. The molecular weight excluding hydrogens is 410 g/mol. The molecule has 11 heteroatoms. The second-order valence-electron chi connectivity index (χ2n) is 8.07. The molecular formula is C19H27N5O5S. The van der Waals surface area contributed by atoms with E-state index in [0.29, 0.717) is 25.9 Å². The highest BCUT2D eigenvalue weighted by molar-refractivity contribution is 7.88. The number of nitrogens with zero attached hydrogens (tertiary/aromatic N) is 3. The fraction of sp³-hybridized carbons (Fsp3) is 0.526. The maximum Gasteiger partial charge on any atom is 0.422 e. The van der Waals surface area contributed by atoms with E-state index in [1.807, 2.05) is 22.9 Å². The summed E-state index contributed by atoms with van der Waals surface area (Å²) in [6.07, 6.45) is 1.64. The standard InChI is InChI=1S/C19H27N5O5S/c1-19(2,3)29-18(25)23-30(26,27)22-13-7-9-24(10-8-13)17-15-6-5-14(28-4)11-16(15)20-12-21-17/h5-6,11-13,22H,7-10H2,1-4H3,(H,23,25). The zero-order chi connectivity index (χ0) is 21.9. The Morgan fingerprint density at radius 1 is 1.20 bits per heavy atom. The average Bonchev–Trinajstić information content (AvgIpc) is 2.65. The first-order valence-electron chi connectivity index (χ1n) is 9.63. The van der Waals surface area contributed by atoms with E-state index in [1.54, 1.807) is 27.9 Å². The van der Waals surface area contributed by atoms with Gasteiger partial charge in [0.25, 0.3) is 0 Å². The van der Waals surface area contributed by atoms with Crippen molar-refractivity contribution >= 4 is 33.0 Å². The Labute approximate surface area is 176 Å². The molecule has 2 aromatic rings. The molecule has 0 unspecified atom stereocenters. The maximum atomic E-state index is 12.2. The number of hydrogen-bond donors (Lipinski definition) is 2. The minimum Gasteiger partial charge on any atom is -0.497 e. The molecule has 164 valence electrons. The Balaban J connectivity index is 1.61. The molecule has 1 aromatic carbocycles. The molecule has 1 saturated heterocycles. The summed E-state index contributed by atoms with van der Waals surface area (Å²) in [5.74, 6) is 1.52. The van der Waals surface area contributed by atoms with Crippen LogP contribution in [-0.4, -0.2) is 56.3 Å². The largest absolute Gasteiger partial charge is 0.497 e. The van der Waals surface area contributed by atoms with Crippen molar-refractivity contribution < 1.29 is 22.7 Å². The van der Waals surface area contributed by atoms with Gasteiger partial charge in [-0.2, -0.15) is 13.1 Å². The number of ether oxygens (including phenoxy) is 2. The molecule has 1 fully saturated rings. The van der Waals surface area contributed by atoms with E-state index in [-0.39, 0.29) is 6.04 Å². The van der Waals surface area contributed by atoms with E-state index < -0.39 is 21.9 Å². The van der Waals surface area contributed by atoms with Crippen molar-refractivity contribution in [1.82, 2.24) is 19.4 Å². The lowest BCUT2D eigenvalue weighted by atomic mass is 10.1. The molecule has 2 N–H and O–H groups in total. The molecule has 0 bridgehead atoms. The summed E-state index contributed by atoms with van der Waals surface area (Å²) in [6, 6.07) is 5.33. The van der Waals surface area contributed by atoms with Gasteiger partial charge in [-0.15, -0.1) is 0 Å². The number of nitrogens with one attached hydrogen (secondary N) is 2. The Morgan fingerprint density at radius 2 is 1.90 bits per heavy atom. The van der Waals surface area contributed by atoms with Gasteiger partial charge in [0, 0.05) is 30.6 Å². The van der Waals surface area contributed by atoms with Gasteiger partial charge >= 0.3 is 16.3 Å². The molecule has 2 heterocycles. The van der Waals surface area contributed by atoms with E-state index in [2.05, 4.69) is 19.6 Å². The van der Waals surface area contributed by atoms with Crippen LogP contribution in [0.25, 0.3) is 10.9 Å². The molecule has 1 aliphatic rings. The van der Waals surface area contributed by atoms with Crippen LogP contribution in [0, 0.1) is 0 Å². The number of piperidine rings is 1. The molecule has 3 rings (SSSR count). The normalized spacial score (nSPS) is 15.8. The lowest BCUT2D eigenvalue weighted by molar-refractivity contribution is 0.0569. The number of fused-ring (bicyclic) bond motifs is 1. The molecule has 0 spiro atoms. The minimum absolute atomic E-state index is 0.297. The Morgan fingerprint density at radius 3 is 2.53 bits per heavy atom. The third-order valence-corrected chi connectivity index (χ3v) is 5.63. The zero-order valence-electron chi connectivity index (χ0n) is 17.5. The predicted octanol–water partition coefficient (Wildman–Crippen LogP) is 1.97. The van der Waals surface area contributed by atoms with Gasteiger partial charge in [0.05, 0.1) is 12.6 Å². The van der Waals surface area contributed by atoms with Crippen molar-refractivity contribution in [3.05, 3.63) is 24.5 Å². The summed E-state index contributed by atoms with van der Waals surface area (Å²) >= 11 is 0. The topological polar surface area (TPSA) is 123 Å². The minimum atomic E-state index is -4.01. The van der Waals surface area contributed by atoms with Crippen LogP contribution < -0.4 is 19.1 Å². The van der Waals surface area contributed by atoms with Gasteiger partial charge in [-0.25, -0.2) is 19.5 Å². The number of rotatable bonds is 5. The number of amides is 1. The zero-order valence-corrected chi connectivity index (χ0v) is 18.3. The van der Waals surface area contributed by atoms with E-state index in [9.17, 15) is 13.2 Å². The smallest absolute Gasteiger partial charge is 0.422 e. The van der Waals surface area contributed by atoms with Crippen molar-refractivity contribution in [3.8, 4) is 5.75 Å². The van der Waals surface area contributed by atoms with Crippen LogP contribution in [0.2, 0.25) is 0 Å². The van der Waals surface area contributed by atoms with E-state index in [0.717, 1.165) is 22.5 Å². The maximum absolute atomic E-state index is 12.2. The van der Waals surface area contributed by atoms with Crippen LogP contribution in [0.3, 0.4) is 0 Å². The quantitative estimate of drug-likeness (QED) is 0.728. The first kappa shape index (κ1) is 22.0. The van der Waals surface area contributed by atoms with Crippen LogP contribution in [-0.2, 0) is 14.9 Å². The van der Waals surface area contributed by atoms with Crippen LogP contribution in [0.15, 0.2) is 24.5 Å². The third kappa shape index (κ3) is 5.70. The van der Waals surface area contributed by atoms with Gasteiger partial charge in [-0.3, -0.25) is 0 Å². The highest BCUT2D eigenvalue weighted by atomic mass is 32.2. The van der Waals surface area contributed by atoms with E-state index in [4.69, 9.17) is 9.47 Å². The van der Waals surface area contributed by atoms with Gasteiger partial charge in [-0.1, -0.05) is 0 Å². The highest BCUT2D eigenvalue weighted by Crippen LogP contribution is 2.28. The third-order valence-electron chi connectivity index (χ3n) is 4.56. The van der Waals surface area contributed by atoms with Crippen molar-refractivity contribution in [2.24, 2.45) is 0 Å². The molecule has 1 aromatic heterocycles. The van der Waals surface area contributed by atoms with E-state index in [1.165, 1.54) is 6.33 Å². The number of anilines is 1. The van der Waals surface area contributed by atoms with Gasteiger partial charge < -0.3 is 14.4 Å². The van der Waals surface area contributed by atoms with Crippen molar-refractivity contribution in [2.75, 3.05) is 25.1 Å². The van der Waals surface area contributed by atoms with Gasteiger partial charge in [0.15, 0.2) is 0 Å². The number of benzene rings is 1. The number of carbonyl (C=O) groups excluding carboxylic acids is 1. The number of carbonyl (C=O) groups is 1. The monoisotopic (exact) mass is 437 g/mol. The number of hydrogen-bond acceptors (Lipinski definition) is 8. The second kappa shape index (κ2) is 8.60. The molecule has 0 radical (unpaired) electrons. The summed E-state index contributed by atoms with van der Waals surface area (Å²) < 4.78 is 39.1. The SMILES string of the molecule is COc1ccc2c(N3CCC(NS(=O)(=O)NC(=O)OC(C)(C)C)CC3)ncnc2c1. The molecule has 0 aliphatic carbocycles. The van der Waals surface area contributed by atoms with Gasteiger partial charge in [-0.05, 0) is 45.7 Å². The summed E-state index contributed by atoms with van der Waals surface area (Å²) in [7, 11) is -2.41. The van der Waals surface area contributed by atoms with Crippen LogP contribution in [0.1, 0.15) is 33.6 Å². The fourth-order valence-electron chi connectivity index (χ4n) is 3.27. The van der Waals surface area contributed by atoms with Crippen LogP contribution >= 0.6 is 0 Å². The summed E-state index contributed by atoms with van der Waals surface area (Å²) in [5.41, 5.74) is -0.00123. The summed E-state index contributed by atoms with van der Waals surface area (Å²) in [5, 5.41) is 0.906. The molecule has 10 nitrogen and oxygen atoms in total. The number of methoxy groups -OCH3 is 1. The number of aromatic nitrogens is 2. The van der Waals surface area contributed by atoms with Crippen molar-refractivity contribution in [2.45, 2.75) is 45.3 Å². The Kier molecular flexibility index (Phi) is 6.32. The van der Waals surface area contributed by atoms with Crippen LogP contribution in [0.5, 0.6) is 5.75 Å². The van der Waals surface area contributed by atoms with Crippen molar-refractivity contribution in [1.29, 1.82) is 0 Å². The molecule has 0 saturated carbocycles.